The quantitative estimate of drug-likeness (QED) is 0.567. The molecule has 0 radical (unpaired) electrons. The van der Waals surface area contributed by atoms with Gasteiger partial charge in [-0.3, -0.25) is 4.55 Å². The molecule has 1 fully saturated rings. The molecule has 3 N–H and O–H groups in total. The Bertz CT molecular complexity index is 914. The second-order valence-electron chi connectivity index (χ2n) is 8.31. The zero-order valence-electron chi connectivity index (χ0n) is 17.3. The molecule has 1 heterocycles. The lowest BCUT2D eigenvalue weighted by atomic mass is 9.86. The average molecular weight is 446 g/mol. The van der Waals surface area contributed by atoms with Gasteiger partial charge in [-0.2, -0.15) is 17.4 Å². The van der Waals surface area contributed by atoms with Crippen LogP contribution < -0.4 is 10.0 Å². The van der Waals surface area contributed by atoms with Crippen LogP contribution in [0.2, 0.25) is 0 Å². The van der Waals surface area contributed by atoms with Crippen LogP contribution in [-0.2, 0) is 15.7 Å². The topological polar surface area (TPSA) is 66.3 Å². The van der Waals surface area contributed by atoms with Gasteiger partial charge in [0.25, 0.3) is 0 Å². The molecule has 1 aliphatic carbocycles. The molecule has 0 spiro atoms. The van der Waals surface area contributed by atoms with Crippen molar-refractivity contribution < 1.29 is 21.9 Å². The SMILES string of the molecule is CCS(C)(=O)(O)NC1CCC(CNc2ccc(-n3cccc3)c(C(F)(F)F)c2)CC1. The maximum Gasteiger partial charge on any atom is 0.418 e. The molecule has 1 aliphatic rings. The molecule has 3 rings (SSSR count). The van der Waals surface area contributed by atoms with Gasteiger partial charge in [0.2, 0.25) is 0 Å². The Morgan fingerprint density at radius 1 is 1.17 bits per heavy atom. The first-order valence-corrected chi connectivity index (χ1v) is 12.7. The molecule has 168 valence electrons. The lowest BCUT2D eigenvalue weighted by Gasteiger charge is -2.43. The fourth-order valence-corrected chi connectivity index (χ4v) is 5.11. The van der Waals surface area contributed by atoms with Crippen LogP contribution >= 0.6 is 0 Å². The predicted octanol–water partition coefficient (Wildman–Crippen LogP) is 4.91. The van der Waals surface area contributed by atoms with E-state index >= 15 is 0 Å². The van der Waals surface area contributed by atoms with E-state index in [2.05, 4.69) is 10.0 Å². The van der Waals surface area contributed by atoms with Crippen molar-refractivity contribution in [1.29, 1.82) is 0 Å². The maximum atomic E-state index is 13.6. The monoisotopic (exact) mass is 445 g/mol. The number of hydrogen-bond donors (Lipinski definition) is 3. The molecule has 1 aromatic heterocycles. The Morgan fingerprint density at radius 2 is 1.80 bits per heavy atom. The van der Waals surface area contributed by atoms with E-state index in [1.807, 2.05) is 0 Å². The molecule has 0 amide bonds. The van der Waals surface area contributed by atoms with Crippen LogP contribution in [0.4, 0.5) is 18.9 Å². The third-order valence-electron chi connectivity index (χ3n) is 5.77. The third kappa shape index (κ3) is 5.86. The number of alkyl halides is 3. The number of anilines is 1. The van der Waals surface area contributed by atoms with Crippen LogP contribution in [-0.4, -0.2) is 37.9 Å². The summed E-state index contributed by atoms with van der Waals surface area (Å²) in [6.45, 7) is 2.26. The fraction of sp³-hybridized carbons (Fsp3) is 0.524. The Kier molecular flexibility index (Phi) is 6.36. The van der Waals surface area contributed by atoms with E-state index in [0.29, 0.717) is 18.2 Å². The minimum absolute atomic E-state index is 0.00612. The minimum atomic E-state index is -4.45. The van der Waals surface area contributed by atoms with Crippen molar-refractivity contribution in [3.63, 3.8) is 0 Å². The summed E-state index contributed by atoms with van der Waals surface area (Å²) in [5, 5.41) is 3.15. The highest BCUT2D eigenvalue weighted by Crippen LogP contribution is 2.36. The molecule has 30 heavy (non-hydrogen) atoms. The van der Waals surface area contributed by atoms with E-state index in [-0.39, 0.29) is 17.5 Å². The van der Waals surface area contributed by atoms with Crippen LogP contribution in [0.1, 0.15) is 38.2 Å². The van der Waals surface area contributed by atoms with E-state index in [4.69, 9.17) is 0 Å². The average Bonchev–Trinajstić information content (AvgIpc) is 3.21. The van der Waals surface area contributed by atoms with E-state index < -0.39 is 21.3 Å². The maximum absolute atomic E-state index is 13.6. The Morgan fingerprint density at radius 3 is 2.37 bits per heavy atom. The summed E-state index contributed by atoms with van der Waals surface area (Å²) < 4.78 is 67.6. The smallest absolute Gasteiger partial charge is 0.385 e. The second kappa shape index (κ2) is 8.36. The predicted molar refractivity (Wildman–Crippen MR) is 115 cm³/mol. The van der Waals surface area contributed by atoms with Gasteiger partial charge in [0.1, 0.15) is 0 Å². The van der Waals surface area contributed by atoms with Crippen molar-refractivity contribution in [3.05, 3.63) is 48.3 Å². The van der Waals surface area contributed by atoms with Crippen molar-refractivity contribution in [2.75, 3.05) is 23.9 Å². The van der Waals surface area contributed by atoms with Crippen molar-refractivity contribution in [2.24, 2.45) is 5.92 Å². The summed E-state index contributed by atoms with van der Waals surface area (Å²) in [4.78, 5) is 0. The molecular formula is C21H30F3N3O2S. The van der Waals surface area contributed by atoms with Gasteiger partial charge in [-0.25, -0.2) is 4.72 Å². The van der Waals surface area contributed by atoms with Crippen molar-refractivity contribution in [3.8, 4) is 5.69 Å². The number of nitrogens with zero attached hydrogens (tertiary/aromatic N) is 1. The first kappa shape index (κ1) is 22.8. The summed E-state index contributed by atoms with van der Waals surface area (Å²) >= 11 is 0. The van der Waals surface area contributed by atoms with Gasteiger partial charge in [0.15, 0.2) is 0 Å². The van der Waals surface area contributed by atoms with Crippen LogP contribution in [0, 0.1) is 5.92 Å². The highest BCUT2D eigenvalue weighted by Gasteiger charge is 2.34. The van der Waals surface area contributed by atoms with Crippen molar-refractivity contribution in [1.82, 2.24) is 9.29 Å². The number of rotatable bonds is 7. The summed E-state index contributed by atoms with van der Waals surface area (Å²) in [6.07, 6.45) is 3.35. The largest absolute Gasteiger partial charge is 0.418 e. The number of nitrogens with one attached hydrogen (secondary N) is 2. The highest BCUT2D eigenvalue weighted by atomic mass is 32.3. The summed E-state index contributed by atoms with van der Waals surface area (Å²) in [6, 6.07) is 7.68. The molecule has 0 unspecified atom stereocenters. The van der Waals surface area contributed by atoms with Crippen LogP contribution in [0.5, 0.6) is 0 Å². The molecule has 2 aromatic rings. The Labute approximate surface area is 175 Å². The first-order chi connectivity index (χ1) is 13.9. The zero-order valence-corrected chi connectivity index (χ0v) is 18.1. The molecule has 0 saturated heterocycles. The van der Waals surface area contributed by atoms with E-state index in [1.165, 1.54) is 16.9 Å². The third-order valence-corrected chi connectivity index (χ3v) is 8.07. The number of hydrogen-bond acceptors (Lipinski definition) is 2. The lowest BCUT2D eigenvalue weighted by Crippen LogP contribution is -2.53. The van der Waals surface area contributed by atoms with E-state index in [1.54, 1.807) is 37.5 Å². The van der Waals surface area contributed by atoms with E-state index in [9.17, 15) is 21.9 Å². The van der Waals surface area contributed by atoms with E-state index in [0.717, 1.165) is 31.7 Å². The first-order valence-electron chi connectivity index (χ1n) is 10.2. The van der Waals surface area contributed by atoms with Gasteiger partial charge >= 0.3 is 6.18 Å². The molecule has 5 nitrogen and oxygen atoms in total. The second-order valence-corrected chi connectivity index (χ2v) is 12.1. The van der Waals surface area contributed by atoms with Gasteiger partial charge in [-0.15, -0.1) is 9.53 Å². The van der Waals surface area contributed by atoms with Crippen molar-refractivity contribution >= 4 is 15.2 Å². The summed E-state index contributed by atoms with van der Waals surface area (Å²) in [7, 11) is -3.75. The molecule has 0 aliphatic heterocycles. The molecular weight excluding hydrogens is 415 g/mol. The minimum Gasteiger partial charge on any atom is -0.385 e. The van der Waals surface area contributed by atoms with Gasteiger partial charge in [-0.1, -0.05) is 0 Å². The fourth-order valence-electron chi connectivity index (χ4n) is 3.85. The zero-order chi connectivity index (χ0) is 22.0. The van der Waals surface area contributed by atoms with Gasteiger partial charge in [0.05, 0.1) is 11.3 Å². The highest BCUT2D eigenvalue weighted by molar-refractivity contribution is 8.12. The standard InChI is InChI=1S/C21H30F3N3O2S/c1-3-30(2,28,29)26-17-8-6-16(7-9-17)15-25-18-10-11-20(27-12-4-5-13-27)19(14-18)21(22,23)24/h4-5,10-14,16-17,25H,3,6-9,15H2,1-2H3,(H2,26,28,29). The molecule has 0 atom stereocenters. The van der Waals surface area contributed by atoms with Crippen LogP contribution in [0.25, 0.3) is 5.69 Å². The van der Waals surface area contributed by atoms with Crippen molar-refractivity contribution in [2.45, 2.75) is 44.8 Å². The van der Waals surface area contributed by atoms with Crippen LogP contribution in [0.15, 0.2) is 42.7 Å². The number of benzene rings is 1. The van der Waals surface area contributed by atoms with Crippen LogP contribution in [0.3, 0.4) is 0 Å². The van der Waals surface area contributed by atoms with Gasteiger partial charge < -0.3 is 9.88 Å². The molecule has 9 heteroatoms. The normalized spacial score (nSPS) is 21.7. The van der Waals surface area contributed by atoms with Gasteiger partial charge in [0, 0.05) is 42.7 Å². The Hall–Kier alpha value is -1.84. The Balaban J connectivity index is 1.60. The number of halogens is 3. The summed E-state index contributed by atoms with van der Waals surface area (Å²) in [5.74, 6) is 0.480. The lowest BCUT2D eigenvalue weighted by molar-refractivity contribution is -0.137. The molecule has 1 aromatic carbocycles. The number of aromatic nitrogens is 1. The summed E-state index contributed by atoms with van der Waals surface area (Å²) in [5.41, 5.74) is -0.137. The molecule has 0 bridgehead atoms. The van der Waals surface area contributed by atoms with Gasteiger partial charge in [-0.05, 0) is 68.9 Å². The molecule has 1 saturated carbocycles.